The lowest BCUT2D eigenvalue weighted by Crippen LogP contribution is -2.43. The smallest absolute Gasteiger partial charge is 0.334 e. The Morgan fingerprint density at radius 2 is 1.72 bits per heavy atom. The number of halogens is 1. The molecule has 3 rings (SSSR count). The molecule has 0 bridgehead atoms. The molecule has 0 N–H and O–H groups in total. The van der Waals surface area contributed by atoms with E-state index in [2.05, 4.69) is 22.5 Å². The summed E-state index contributed by atoms with van der Waals surface area (Å²) in [5.74, 6) is -1.13. The van der Waals surface area contributed by atoms with Gasteiger partial charge < -0.3 is 9.64 Å². The average molecular weight is 456 g/mol. The van der Waals surface area contributed by atoms with Crippen LogP contribution in [0.1, 0.15) is 44.7 Å². The van der Waals surface area contributed by atoms with Gasteiger partial charge in [0.15, 0.2) is 0 Å². The third-order valence-electron chi connectivity index (χ3n) is 5.36. The number of hydrogen-bond acceptors (Lipinski definition) is 3. The highest BCUT2D eigenvalue weighted by Gasteiger charge is 2.53. The average Bonchev–Trinajstić information content (AvgIpc) is 2.84. The summed E-state index contributed by atoms with van der Waals surface area (Å²) >= 11 is 3.46. The second kappa shape index (κ2) is 7.45. The van der Waals surface area contributed by atoms with Gasteiger partial charge in [0.2, 0.25) is 5.91 Å². The minimum absolute atomic E-state index is 0.0728. The first kappa shape index (κ1) is 21.3. The van der Waals surface area contributed by atoms with Crippen LogP contribution >= 0.6 is 15.9 Å². The highest BCUT2D eigenvalue weighted by molar-refractivity contribution is 9.10. The number of fused-ring (bicyclic) bond motifs is 1. The predicted octanol–water partition coefficient (Wildman–Crippen LogP) is 5.36. The molecule has 0 aliphatic carbocycles. The number of esters is 1. The zero-order valence-corrected chi connectivity index (χ0v) is 19.0. The van der Waals surface area contributed by atoms with Gasteiger partial charge in [-0.05, 0) is 57.0 Å². The fourth-order valence-corrected chi connectivity index (χ4v) is 4.32. The lowest BCUT2D eigenvalue weighted by atomic mass is 9.66. The van der Waals surface area contributed by atoms with E-state index in [1.165, 1.54) is 0 Å². The van der Waals surface area contributed by atoms with E-state index in [4.69, 9.17) is 4.74 Å². The van der Waals surface area contributed by atoms with Crippen molar-refractivity contribution in [3.63, 3.8) is 0 Å². The van der Waals surface area contributed by atoms with Crippen LogP contribution in [0, 0.1) is 0 Å². The van der Waals surface area contributed by atoms with E-state index in [9.17, 15) is 9.59 Å². The summed E-state index contributed by atoms with van der Waals surface area (Å²) in [6, 6.07) is 15.3. The number of nitrogens with zero attached hydrogens (tertiary/aromatic N) is 1. The van der Waals surface area contributed by atoms with Crippen molar-refractivity contribution in [3.05, 3.63) is 76.3 Å². The van der Waals surface area contributed by atoms with Crippen molar-refractivity contribution in [2.75, 3.05) is 11.9 Å². The standard InChI is InChI=1S/C24H26BrNO3/c1-15(21(27)29-23(2,3)4)20(16-11-13-17(25)14-12-16)24(5)18-9-7-8-10-19(18)26(6)22(24)28/h7-14,20H,1H2,2-6H3/t20-,24+/m0/s1. The number of rotatable bonds is 4. The lowest BCUT2D eigenvalue weighted by Gasteiger charge is -2.35. The molecule has 0 fully saturated rings. The highest BCUT2D eigenvalue weighted by atomic mass is 79.9. The molecule has 4 nitrogen and oxygen atoms in total. The molecule has 152 valence electrons. The van der Waals surface area contributed by atoms with Crippen LogP contribution in [0.5, 0.6) is 0 Å². The lowest BCUT2D eigenvalue weighted by molar-refractivity contribution is -0.150. The summed E-state index contributed by atoms with van der Waals surface area (Å²) in [4.78, 5) is 28.1. The second-order valence-corrected chi connectivity index (χ2v) is 9.51. The normalized spacial score (nSPS) is 19.7. The Hall–Kier alpha value is -2.40. The molecule has 5 heteroatoms. The zero-order valence-electron chi connectivity index (χ0n) is 17.5. The van der Waals surface area contributed by atoms with Crippen molar-refractivity contribution in [3.8, 4) is 0 Å². The van der Waals surface area contributed by atoms with E-state index in [0.29, 0.717) is 0 Å². The molecule has 2 aromatic carbocycles. The molecular weight excluding hydrogens is 430 g/mol. The maximum absolute atomic E-state index is 13.5. The van der Waals surface area contributed by atoms with Crippen LogP contribution in [0.3, 0.4) is 0 Å². The van der Waals surface area contributed by atoms with E-state index >= 15 is 0 Å². The van der Waals surface area contributed by atoms with Crippen molar-refractivity contribution in [1.82, 2.24) is 0 Å². The quantitative estimate of drug-likeness (QED) is 0.460. The van der Waals surface area contributed by atoms with Crippen LogP contribution < -0.4 is 4.90 Å². The molecule has 1 aliphatic heterocycles. The summed E-state index contributed by atoms with van der Waals surface area (Å²) < 4.78 is 6.53. The van der Waals surface area contributed by atoms with Crippen LogP contribution in [0.15, 0.2) is 65.2 Å². The highest BCUT2D eigenvalue weighted by Crippen LogP contribution is 2.51. The molecule has 1 aliphatic rings. The number of carbonyl (C=O) groups is 2. The zero-order chi connectivity index (χ0) is 21.6. The topological polar surface area (TPSA) is 46.6 Å². The number of ether oxygens (including phenoxy) is 1. The number of benzene rings is 2. The molecule has 0 saturated carbocycles. The summed E-state index contributed by atoms with van der Waals surface area (Å²) in [7, 11) is 1.77. The van der Waals surface area contributed by atoms with Crippen LogP contribution in [0.25, 0.3) is 0 Å². The molecule has 0 radical (unpaired) electrons. The fraction of sp³-hybridized carbons (Fsp3) is 0.333. The maximum atomic E-state index is 13.5. The monoisotopic (exact) mass is 455 g/mol. The Bertz CT molecular complexity index is 974. The number of para-hydroxylation sites is 1. The number of carbonyl (C=O) groups excluding carboxylic acids is 2. The van der Waals surface area contributed by atoms with Gasteiger partial charge in [-0.3, -0.25) is 4.79 Å². The number of hydrogen-bond donors (Lipinski definition) is 0. The molecule has 0 aromatic heterocycles. The van der Waals surface area contributed by atoms with Gasteiger partial charge in [-0.1, -0.05) is 52.8 Å². The Balaban J connectivity index is 2.18. The molecule has 29 heavy (non-hydrogen) atoms. The van der Waals surface area contributed by atoms with Gasteiger partial charge in [0.1, 0.15) is 5.60 Å². The van der Waals surface area contributed by atoms with E-state index in [-0.39, 0.29) is 11.5 Å². The third-order valence-corrected chi connectivity index (χ3v) is 5.89. The molecule has 1 amide bonds. The number of amides is 1. The Morgan fingerprint density at radius 1 is 1.14 bits per heavy atom. The van der Waals surface area contributed by atoms with Crippen LogP contribution in [0.4, 0.5) is 5.69 Å². The molecule has 0 unspecified atom stereocenters. The number of likely N-dealkylation sites (N-methyl/N-ethyl adjacent to an activating group) is 1. The van der Waals surface area contributed by atoms with Gasteiger partial charge in [-0.15, -0.1) is 0 Å². The van der Waals surface area contributed by atoms with Gasteiger partial charge in [0.25, 0.3) is 0 Å². The van der Waals surface area contributed by atoms with Crippen molar-refractivity contribution < 1.29 is 14.3 Å². The Morgan fingerprint density at radius 3 is 2.31 bits per heavy atom. The maximum Gasteiger partial charge on any atom is 0.334 e. The van der Waals surface area contributed by atoms with Gasteiger partial charge >= 0.3 is 5.97 Å². The van der Waals surface area contributed by atoms with Crippen molar-refractivity contribution >= 4 is 33.5 Å². The van der Waals surface area contributed by atoms with Crippen LogP contribution in [-0.2, 0) is 19.7 Å². The van der Waals surface area contributed by atoms with Gasteiger partial charge in [-0.25, -0.2) is 4.79 Å². The first-order valence-electron chi connectivity index (χ1n) is 9.52. The summed E-state index contributed by atoms with van der Waals surface area (Å²) in [6.07, 6.45) is 0. The Kier molecular flexibility index (Phi) is 5.48. The largest absolute Gasteiger partial charge is 0.457 e. The van der Waals surface area contributed by atoms with E-state index < -0.39 is 22.9 Å². The van der Waals surface area contributed by atoms with Gasteiger partial charge in [0.05, 0.1) is 5.41 Å². The minimum atomic E-state index is -0.979. The third kappa shape index (κ3) is 3.76. The molecule has 2 aromatic rings. The first-order chi connectivity index (χ1) is 13.5. The molecule has 1 heterocycles. The second-order valence-electron chi connectivity index (χ2n) is 8.60. The minimum Gasteiger partial charge on any atom is -0.457 e. The molecule has 0 saturated heterocycles. The van der Waals surface area contributed by atoms with E-state index in [0.717, 1.165) is 21.3 Å². The van der Waals surface area contributed by atoms with Crippen LogP contribution in [-0.4, -0.2) is 24.5 Å². The van der Waals surface area contributed by atoms with Gasteiger partial charge in [-0.2, -0.15) is 0 Å². The van der Waals surface area contributed by atoms with Crippen LogP contribution in [0.2, 0.25) is 0 Å². The molecular formula is C24H26BrNO3. The molecule has 0 spiro atoms. The Labute approximate surface area is 180 Å². The SMILES string of the molecule is C=C(C(=O)OC(C)(C)C)[C@@H](c1ccc(Br)cc1)[C@]1(C)C(=O)N(C)c2ccccc21. The number of anilines is 1. The van der Waals surface area contributed by atoms with E-state index in [1.54, 1.807) is 11.9 Å². The van der Waals surface area contributed by atoms with Crippen molar-refractivity contribution in [1.29, 1.82) is 0 Å². The fourth-order valence-electron chi connectivity index (χ4n) is 4.06. The van der Waals surface area contributed by atoms with Crippen molar-refractivity contribution in [2.24, 2.45) is 0 Å². The summed E-state index contributed by atoms with van der Waals surface area (Å²) in [6.45, 7) is 11.4. The van der Waals surface area contributed by atoms with Gasteiger partial charge in [0, 0.05) is 28.7 Å². The first-order valence-corrected chi connectivity index (χ1v) is 10.3. The predicted molar refractivity (Wildman–Crippen MR) is 119 cm³/mol. The summed E-state index contributed by atoms with van der Waals surface area (Å²) in [5.41, 5.74) is 1.20. The summed E-state index contributed by atoms with van der Waals surface area (Å²) in [5, 5.41) is 0. The molecule has 2 atom stereocenters. The van der Waals surface area contributed by atoms with Crippen molar-refractivity contribution in [2.45, 2.75) is 44.6 Å². The van der Waals surface area contributed by atoms with E-state index in [1.807, 2.05) is 76.2 Å².